The molecule has 0 unspecified atom stereocenters. The highest BCUT2D eigenvalue weighted by Gasteiger charge is 2.10. The molecule has 4 heteroatoms. The number of pyridine rings is 1. The minimum atomic E-state index is 0.625. The molecule has 3 nitrogen and oxygen atoms in total. The Morgan fingerprint density at radius 2 is 1.73 bits per heavy atom. The normalized spacial score (nSPS) is 11.5. The monoisotopic (exact) mass is 360 g/mol. The van der Waals surface area contributed by atoms with E-state index in [0.29, 0.717) is 5.02 Å². The van der Waals surface area contributed by atoms with Crippen LogP contribution in [0.25, 0.3) is 40.3 Å². The molecule has 2 aromatic carbocycles. The van der Waals surface area contributed by atoms with Crippen molar-refractivity contribution in [3.05, 3.63) is 77.5 Å². The summed E-state index contributed by atoms with van der Waals surface area (Å²) in [4.78, 5) is 4.46. The van der Waals surface area contributed by atoms with Gasteiger partial charge in [0.1, 0.15) is 11.4 Å². The minimum Gasteiger partial charge on any atom is -0.497 e. The summed E-state index contributed by atoms with van der Waals surface area (Å²) in [5, 5.41) is 2.75. The quantitative estimate of drug-likeness (QED) is 0.410. The van der Waals surface area contributed by atoms with E-state index >= 15 is 0 Å². The second-order valence-corrected chi connectivity index (χ2v) is 6.40. The van der Waals surface area contributed by atoms with E-state index < -0.39 is 0 Å². The number of nitrogens with zero attached hydrogens (tertiary/aromatic N) is 2. The summed E-state index contributed by atoms with van der Waals surface area (Å²) in [6.07, 6.45) is 7.61. The zero-order chi connectivity index (χ0) is 18.1. The first-order valence-corrected chi connectivity index (χ1v) is 8.61. The van der Waals surface area contributed by atoms with Gasteiger partial charge in [-0.25, -0.2) is 4.98 Å². The zero-order valence-electron chi connectivity index (χ0n) is 14.3. The number of methoxy groups -OCH3 is 1. The lowest BCUT2D eigenvalue weighted by Crippen LogP contribution is -1.86. The summed E-state index contributed by atoms with van der Waals surface area (Å²) >= 11 is 6.16. The van der Waals surface area contributed by atoms with Gasteiger partial charge in [0.15, 0.2) is 0 Å². The SMILES string of the molecule is C=Cn1c2ccc(C=Cc3ccc(OC)cc3)cc2c2cc(Cl)cnc21. The molecule has 26 heavy (non-hydrogen) atoms. The number of rotatable bonds is 4. The van der Waals surface area contributed by atoms with Gasteiger partial charge in [0.05, 0.1) is 17.6 Å². The number of hydrogen-bond acceptors (Lipinski definition) is 2. The fourth-order valence-corrected chi connectivity index (χ4v) is 3.27. The minimum absolute atomic E-state index is 0.625. The van der Waals surface area contributed by atoms with Crippen molar-refractivity contribution >= 4 is 51.9 Å². The molecule has 0 bridgehead atoms. The molecule has 0 aliphatic rings. The summed E-state index contributed by atoms with van der Waals surface area (Å²) in [5.41, 5.74) is 4.14. The first-order valence-electron chi connectivity index (χ1n) is 8.23. The maximum atomic E-state index is 6.16. The number of ether oxygens (including phenoxy) is 1. The molecule has 128 valence electrons. The average Bonchev–Trinajstić information content (AvgIpc) is 2.99. The fourth-order valence-electron chi connectivity index (χ4n) is 3.11. The lowest BCUT2D eigenvalue weighted by Gasteiger charge is -2.00. The van der Waals surface area contributed by atoms with Crippen LogP contribution in [-0.2, 0) is 0 Å². The van der Waals surface area contributed by atoms with Gasteiger partial charge in [-0.2, -0.15) is 0 Å². The van der Waals surface area contributed by atoms with Gasteiger partial charge in [-0.05, 0) is 41.5 Å². The topological polar surface area (TPSA) is 27.1 Å². The van der Waals surface area contributed by atoms with Crippen molar-refractivity contribution in [3.8, 4) is 5.75 Å². The summed E-state index contributed by atoms with van der Waals surface area (Å²) in [5.74, 6) is 0.852. The maximum absolute atomic E-state index is 6.16. The van der Waals surface area contributed by atoms with Crippen molar-refractivity contribution in [2.24, 2.45) is 0 Å². The Labute approximate surface area is 156 Å². The summed E-state index contributed by atoms with van der Waals surface area (Å²) < 4.78 is 7.18. The molecule has 0 aliphatic heterocycles. The number of aromatic nitrogens is 2. The highest BCUT2D eigenvalue weighted by molar-refractivity contribution is 6.31. The second-order valence-electron chi connectivity index (χ2n) is 5.96. The standard InChI is InChI=1S/C22H17ClN2O/c1-3-25-21-11-8-16(5-4-15-6-9-18(26-2)10-7-15)12-19(21)20-13-17(23)14-24-22(20)25/h3-14H,1H2,2H3. The highest BCUT2D eigenvalue weighted by atomic mass is 35.5. The van der Waals surface area contributed by atoms with E-state index in [1.807, 2.05) is 34.9 Å². The van der Waals surface area contributed by atoms with E-state index in [4.69, 9.17) is 16.3 Å². The van der Waals surface area contributed by atoms with Crippen molar-refractivity contribution in [3.63, 3.8) is 0 Å². The van der Waals surface area contributed by atoms with Crippen LogP contribution < -0.4 is 4.74 Å². The third-order valence-corrected chi connectivity index (χ3v) is 4.61. The number of fused-ring (bicyclic) bond motifs is 3. The van der Waals surface area contributed by atoms with Crippen LogP contribution in [0.4, 0.5) is 0 Å². The van der Waals surface area contributed by atoms with E-state index in [0.717, 1.165) is 38.8 Å². The Morgan fingerprint density at radius 1 is 1.00 bits per heavy atom. The molecule has 0 spiro atoms. The van der Waals surface area contributed by atoms with Gasteiger partial charge in [0.2, 0.25) is 0 Å². The van der Waals surface area contributed by atoms with Crippen molar-refractivity contribution < 1.29 is 4.74 Å². The van der Waals surface area contributed by atoms with Crippen LogP contribution in [-0.4, -0.2) is 16.7 Å². The first-order chi connectivity index (χ1) is 12.7. The summed E-state index contributed by atoms with van der Waals surface area (Å²) in [6, 6.07) is 16.2. The van der Waals surface area contributed by atoms with Gasteiger partial charge in [0, 0.05) is 23.2 Å². The van der Waals surface area contributed by atoms with Gasteiger partial charge in [-0.1, -0.05) is 48.5 Å². The molecule has 0 radical (unpaired) electrons. The van der Waals surface area contributed by atoms with Gasteiger partial charge in [-0.3, -0.25) is 0 Å². The van der Waals surface area contributed by atoms with E-state index in [-0.39, 0.29) is 0 Å². The van der Waals surface area contributed by atoms with Gasteiger partial charge in [0.25, 0.3) is 0 Å². The molecule has 0 saturated carbocycles. The number of benzene rings is 2. The van der Waals surface area contributed by atoms with Crippen molar-refractivity contribution in [1.82, 2.24) is 9.55 Å². The summed E-state index contributed by atoms with van der Waals surface area (Å²) in [7, 11) is 1.67. The van der Waals surface area contributed by atoms with Crippen molar-refractivity contribution in [1.29, 1.82) is 0 Å². The lowest BCUT2D eigenvalue weighted by molar-refractivity contribution is 0.415. The molecule has 4 rings (SSSR count). The van der Waals surface area contributed by atoms with Crippen LogP contribution in [0.3, 0.4) is 0 Å². The smallest absolute Gasteiger partial charge is 0.145 e. The molecule has 0 atom stereocenters. The third kappa shape index (κ3) is 2.87. The second kappa shape index (κ2) is 6.70. The molecule has 0 saturated heterocycles. The molecule has 2 heterocycles. The molecule has 0 fully saturated rings. The molecule has 4 aromatic rings. The van der Waals surface area contributed by atoms with E-state index in [9.17, 15) is 0 Å². The fraction of sp³-hybridized carbons (Fsp3) is 0.0455. The summed E-state index contributed by atoms with van der Waals surface area (Å²) in [6.45, 7) is 3.90. The van der Waals surface area contributed by atoms with Crippen molar-refractivity contribution in [2.45, 2.75) is 0 Å². The Morgan fingerprint density at radius 3 is 2.46 bits per heavy atom. The lowest BCUT2D eigenvalue weighted by atomic mass is 10.1. The zero-order valence-corrected chi connectivity index (χ0v) is 15.1. The first kappa shape index (κ1) is 16.4. The largest absolute Gasteiger partial charge is 0.497 e. The Kier molecular flexibility index (Phi) is 4.23. The third-order valence-electron chi connectivity index (χ3n) is 4.40. The van der Waals surface area contributed by atoms with Gasteiger partial charge >= 0.3 is 0 Å². The van der Waals surface area contributed by atoms with Crippen LogP contribution >= 0.6 is 11.6 Å². The number of halogens is 1. The molecule has 0 N–H and O–H groups in total. The predicted molar refractivity (Wildman–Crippen MR) is 111 cm³/mol. The highest BCUT2D eigenvalue weighted by Crippen LogP contribution is 2.31. The van der Waals surface area contributed by atoms with Gasteiger partial charge < -0.3 is 9.30 Å². The van der Waals surface area contributed by atoms with Gasteiger partial charge in [-0.15, -0.1) is 0 Å². The van der Waals surface area contributed by atoms with Crippen LogP contribution in [0.1, 0.15) is 11.1 Å². The molecule has 2 aromatic heterocycles. The average molecular weight is 361 g/mol. The van der Waals surface area contributed by atoms with Crippen LogP contribution in [0, 0.1) is 0 Å². The molecular formula is C22H17ClN2O. The Hall–Kier alpha value is -3.04. The predicted octanol–water partition coefficient (Wildman–Crippen LogP) is 6.12. The van der Waals surface area contributed by atoms with Crippen molar-refractivity contribution in [2.75, 3.05) is 7.11 Å². The molecular weight excluding hydrogens is 344 g/mol. The van der Waals surface area contributed by atoms with E-state index in [1.54, 1.807) is 19.5 Å². The maximum Gasteiger partial charge on any atom is 0.145 e. The van der Waals surface area contributed by atoms with Crippen LogP contribution in [0.15, 0.2) is 61.3 Å². The van der Waals surface area contributed by atoms with E-state index in [1.165, 1.54) is 0 Å². The van der Waals surface area contributed by atoms with Crippen LogP contribution in [0.5, 0.6) is 5.75 Å². The number of hydrogen-bond donors (Lipinski definition) is 0. The Bertz CT molecular complexity index is 1140. The van der Waals surface area contributed by atoms with Crippen LogP contribution in [0.2, 0.25) is 5.02 Å². The van der Waals surface area contributed by atoms with E-state index in [2.05, 4.69) is 41.9 Å². The Balaban J connectivity index is 1.79. The molecule has 0 aliphatic carbocycles. The molecule has 0 amide bonds.